The first-order chi connectivity index (χ1) is 22.8. The largest absolute Gasteiger partial charge is 0.468 e. The molecule has 234 valence electrons. The normalized spacial score (nSPS) is 14.0. The molecule has 1 aliphatic rings. The topological polar surface area (TPSA) is 97.4 Å². The Hall–Kier alpha value is -6.37. The molecular weight excluding hydrogens is 596 g/mol. The standard InChI is InChI=1S/C39H30O8/c1-5-7-10-14-36(47-37(40)6-2)31-17-25-35(26-18-31)46-39(42)32-19-23-34(24-20-32)45-28-44-33-21-15-30(16-22-33)13-11-8-9-12-27-43-38(41)29(3)4/h6,15-18,21-22,25-26,32,34H,1-3,19-20,23-24,28H2,4H3. The lowest BCUT2D eigenvalue weighted by molar-refractivity contribution is -0.141. The second-order valence-electron chi connectivity index (χ2n) is 9.78. The van der Waals surface area contributed by atoms with Crippen LogP contribution in [0.25, 0.3) is 5.76 Å². The van der Waals surface area contributed by atoms with Crippen molar-refractivity contribution in [3.63, 3.8) is 0 Å². The van der Waals surface area contributed by atoms with Gasteiger partial charge < -0.3 is 23.7 Å². The Morgan fingerprint density at radius 1 is 0.894 bits per heavy atom. The molecule has 0 atom stereocenters. The molecule has 0 unspecified atom stereocenters. The van der Waals surface area contributed by atoms with Gasteiger partial charge in [-0.15, -0.1) is 0 Å². The van der Waals surface area contributed by atoms with Gasteiger partial charge in [0.05, 0.1) is 12.0 Å². The predicted octanol–water partition coefficient (Wildman–Crippen LogP) is 5.96. The van der Waals surface area contributed by atoms with Gasteiger partial charge in [0.15, 0.2) is 12.6 Å². The number of hydrogen-bond donors (Lipinski definition) is 0. The van der Waals surface area contributed by atoms with E-state index in [0.29, 0.717) is 42.7 Å². The average Bonchev–Trinajstić information content (AvgIpc) is 3.08. The fourth-order valence-electron chi connectivity index (χ4n) is 3.95. The summed E-state index contributed by atoms with van der Waals surface area (Å²) >= 11 is 0. The van der Waals surface area contributed by atoms with E-state index in [2.05, 4.69) is 83.1 Å². The van der Waals surface area contributed by atoms with Crippen molar-refractivity contribution in [2.75, 3.05) is 6.79 Å². The summed E-state index contributed by atoms with van der Waals surface area (Å²) in [6, 6.07) is 13.6. The van der Waals surface area contributed by atoms with Crippen molar-refractivity contribution in [1.29, 1.82) is 0 Å². The number of benzene rings is 2. The van der Waals surface area contributed by atoms with Crippen molar-refractivity contribution in [3.05, 3.63) is 114 Å². The molecule has 0 N–H and O–H groups in total. The maximum atomic E-state index is 12.8. The zero-order valence-electron chi connectivity index (χ0n) is 25.8. The van der Waals surface area contributed by atoms with Crippen LogP contribution in [0.5, 0.6) is 11.5 Å². The van der Waals surface area contributed by atoms with Crippen LogP contribution in [0.4, 0.5) is 0 Å². The van der Waals surface area contributed by atoms with Gasteiger partial charge in [0.2, 0.25) is 0 Å². The molecule has 3 rings (SSSR count). The number of carbonyl (C=O) groups excluding carboxylic acids is 3. The minimum atomic E-state index is -0.659. The minimum absolute atomic E-state index is 0.0315. The Labute approximate surface area is 274 Å². The molecule has 0 aliphatic heterocycles. The van der Waals surface area contributed by atoms with Gasteiger partial charge in [0, 0.05) is 34.6 Å². The van der Waals surface area contributed by atoms with Gasteiger partial charge in [0.1, 0.15) is 17.6 Å². The van der Waals surface area contributed by atoms with E-state index in [0.717, 1.165) is 11.6 Å². The summed E-state index contributed by atoms with van der Waals surface area (Å²) in [5.41, 5.74) is 11.6. The minimum Gasteiger partial charge on any atom is -0.468 e. The van der Waals surface area contributed by atoms with Crippen LogP contribution >= 0.6 is 0 Å². The Balaban J connectivity index is 1.40. The third-order valence-corrected chi connectivity index (χ3v) is 6.36. The molecule has 0 heterocycles. The van der Waals surface area contributed by atoms with Gasteiger partial charge in [-0.3, -0.25) is 4.79 Å². The second-order valence-corrected chi connectivity index (χ2v) is 9.78. The molecule has 2 aromatic rings. The SMILES string of the molecule is C=C=C=C=C=C(OC(=O)C=C)c1ccc(OC(=O)C2CCC(OCOc3ccc(C#CC#CC#COC(=O)C(=C)C)cc3)CC2)cc1. The van der Waals surface area contributed by atoms with Crippen molar-refractivity contribution < 1.29 is 38.1 Å². The van der Waals surface area contributed by atoms with Gasteiger partial charge in [-0.05, 0) is 117 Å². The lowest BCUT2D eigenvalue weighted by atomic mass is 9.87. The van der Waals surface area contributed by atoms with Gasteiger partial charge in [0.25, 0.3) is 0 Å². The summed E-state index contributed by atoms with van der Waals surface area (Å²) in [7, 11) is 0. The second kappa shape index (κ2) is 19.1. The molecule has 1 saturated carbocycles. The third-order valence-electron chi connectivity index (χ3n) is 6.36. The molecule has 0 bridgehead atoms. The molecule has 1 fully saturated rings. The van der Waals surface area contributed by atoms with Crippen LogP contribution in [0.1, 0.15) is 43.7 Å². The van der Waals surface area contributed by atoms with Gasteiger partial charge in [-0.1, -0.05) is 24.8 Å². The molecule has 0 aromatic heterocycles. The van der Waals surface area contributed by atoms with Crippen molar-refractivity contribution in [2.45, 2.75) is 38.7 Å². The van der Waals surface area contributed by atoms with Crippen LogP contribution < -0.4 is 9.47 Å². The predicted molar refractivity (Wildman–Crippen MR) is 174 cm³/mol. The van der Waals surface area contributed by atoms with E-state index in [-0.39, 0.29) is 36.1 Å². The van der Waals surface area contributed by atoms with Crippen LogP contribution in [0.3, 0.4) is 0 Å². The Bertz CT molecular complexity index is 1850. The number of esters is 3. The summed E-state index contributed by atoms with van der Waals surface area (Å²) in [6.45, 7) is 11.8. The maximum absolute atomic E-state index is 12.8. The zero-order valence-corrected chi connectivity index (χ0v) is 25.8. The first-order valence-electron chi connectivity index (χ1n) is 14.3. The highest BCUT2D eigenvalue weighted by atomic mass is 16.7. The highest BCUT2D eigenvalue weighted by Crippen LogP contribution is 2.28. The molecule has 1 aliphatic carbocycles. The van der Waals surface area contributed by atoms with Crippen molar-refractivity contribution in [3.8, 4) is 47.2 Å². The van der Waals surface area contributed by atoms with E-state index in [1.807, 2.05) is 0 Å². The number of ether oxygens (including phenoxy) is 5. The molecule has 0 radical (unpaired) electrons. The van der Waals surface area contributed by atoms with Crippen LogP contribution in [0.15, 0.2) is 103 Å². The number of hydrogen-bond acceptors (Lipinski definition) is 8. The average molecular weight is 627 g/mol. The fraction of sp³-hybridized carbons (Fsp3) is 0.205. The monoisotopic (exact) mass is 626 g/mol. The first kappa shape index (κ1) is 35.1. The van der Waals surface area contributed by atoms with Crippen LogP contribution in [0.2, 0.25) is 0 Å². The summed E-state index contributed by atoms with van der Waals surface area (Å²) in [6.07, 6.45) is 5.82. The quantitative estimate of drug-likeness (QED) is 0.0607. The number of rotatable bonds is 10. The van der Waals surface area contributed by atoms with Crippen molar-refractivity contribution in [2.24, 2.45) is 5.92 Å². The molecule has 0 saturated heterocycles. The third kappa shape index (κ3) is 12.6. The Morgan fingerprint density at radius 2 is 1.57 bits per heavy atom. The van der Waals surface area contributed by atoms with E-state index in [9.17, 15) is 14.4 Å². The Morgan fingerprint density at radius 3 is 2.23 bits per heavy atom. The van der Waals surface area contributed by atoms with E-state index < -0.39 is 11.9 Å². The molecule has 0 amide bonds. The van der Waals surface area contributed by atoms with Gasteiger partial charge in [-0.2, -0.15) is 0 Å². The van der Waals surface area contributed by atoms with Crippen LogP contribution in [-0.4, -0.2) is 30.8 Å². The van der Waals surface area contributed by atoms with Crippen LogP contribution in [0, 0.1) is 41.6 Å². The van der Waals surface area contributed by atoms with E-state index in [1.165, 1.54) is 6.92 Å². The first-order valence-corrected chi connectivity index (χ1v) is 14.3. The molecular formula is C39H30O8. The molecule has 8 heteroatoms. The highest BCUT2D eigenvalue weighted by Gasteiger charge is 2.28. The maximum Gasteiger partial charge on any atom is 0.347 e. The summed E-state index contributed by atoms with van der Waals surface area (Å²) in [5.74, 6) is 12.2. The van der Waals surface area contributed by atoms with Crippen molar-refractivity contribution in [1.82, 2.24) is 0 Å². The van der Waals surface area contributed by atoms with Gasteiger partial charge in [-0.25, -0.2) is 9.59 Å². The summed E-state index contributed by atoms with van der Waals surface area (Å²) in [4.78, 5) is 35.7. The van der Waals surface area contributed by atoms with Crippen molar-refractivity contribution >= 4 is 23.7 Å². The zero-order chi connectivity index (χ0) is 33.9. The lowest BCUT2D eigenvalue weighted by Gasteiger charge is -2.27. The summed E-state index contributed by atoms with van der Waals surface area (Å²) < 4.78 is 27.0. The molecule has 47 heavy (non-hydrogen) atoms. The van der Waals surface area contributed by atoms with Gasteiger partial charge >= 0.3 is 17.9 Å². The van der Waals surface area contributed by atoms with E-state index in [4.69, 9.17) is 18.9 Å². The molecule has 0 spiro atoms. The molecule has 2 aromatic carbocycles. The smallest absolute Gasteiger partial charge is 0.347 e. The Kier molecular flexibility index (Phi) is 14.3. The fourth-order valence-corrected chi connectivity index (χ4v) is 3.95. The molecule has 8 nitrogen and oxygen atoms in total. The van der Waals surface area contributed by atoms with E-state index >= 15 is 0 Å². The number of carbonyl (C=O) groups is 3. The highest BCUT2D eigenvalue weighted by molar-refractivity contribution is 5.87. The summed E-state index contributed by atoms with van der Waals surface area (Å²) in [5, 5.41) is 0. The van der Waals surface area contributed by atoms with Crippen LogP contribution in [-0.2, 0) is 28.6 Å². The lowest BCUT2D eigenvalue weighted by Crippen LogP contribution is -2.29. The van der Waals surface area contributed by atoms with E-state index in [1.54, 1.807) is 48.5 Å².